The fourth-order valence-electron chi connectivity index (χ4n) is 3.31. The Balaban J connectivity index is 1.65. The summed E-state index contributed by atoms with van der Waals surface area (Å²) in [5.74, 6) is 2.80. The van der Waals surface area contributed by atoms with Crippen LogP contribution in [0.1, 0.15) is 50.4 Å². The fourth-order valence-corrected chi connectivity index (χ4v) is 4.38. The van der Waals surface area contributed by atoms with E-state index in [4.69, 9.17) is 16.1 Å². The Labute approximate surface area is 161 Å². The maximum absolute atomic E-state index is 6.42. The molecule has 136 valence electrons. The van der Waals surface area contributed by atoms with Gasteiger partial charge in [-0.25, -0.2) is 0 Å². The molecule has 1 aromatic carbocycles. The summed E-state index contributed by atoms with van der Waals surface area (Å²) in [5.41, 5.74) is 0.924. The second-order valence-electron chi connectivity index (χ2n) is 6.34. The molecule has 2 aromatic heterocycles. The number of rotatable bonds is 6. The molecular formula is C18H20ClN5OS. The Bertz CT molecular complexity index is 887. The SMILES string of the molecule is CCc1nc(CSc2nnc(-c3ccccc3Cl)n2C2CCCC2)no1. The van der Waals surface area contributed by atoms with Gasteiger partial charge >= 0.3 is 0 Å². The minimum Gasteiger partial charge on any atom is -0.339 e. The van der Waals surface area contributed by atoms with E-state index >= 15 is 0 Å². The highest BCUT2D eigenvalue weighted by Gasteiger charge is 2.26. The predicted octanol–water partition coefficient (Wildman–Crippen LogP) is 4.95. The first-order valence-electron chi connectivity index (χ1n) is 8.90. The number of hydrogen-bond donors (Lipinski definition) is 0. The van der Waals surface area contributed by atoms with E-state index in [1.165, 1.54) is 12.8 Å². The van der Waals surface area contributed by atoms with Crippen molar-refractivity contribution in [1.29, 1.82) is 0 Å². The van der Waals surface area contributed by atoms with Gasteiger partial charge in [-0.15, -0.1) is 10.2 Å². The number of nitrogens with zero attached hydrogens (tertiary/aromatic N) is 5. The summed E-state index contributed by atoms with van der Waals surface area (Å²) in [6, 6.07) is 8.21. The highest BCUT2D eigenvalue weighted by molar-refractivity contribution is 7.98. The molecule has 1 aliphatic carbocycles. The highest BCUT2D eigenvalue weighted by Crippen LogP contribution is 2.38. The minimum absolute atomic E-state index is 0.412. The Morgan fingerprint density at radius 1 is 1.23 bits per heavy atom. The second-order valence-corrected chi connectivity index (χ2v) is 7.69. The first-order valence-corrected chi connectivity index (χ1v) is 10.3. The van der Waals surface area contributed by atoms with Crippen molar-refractivity contribution >= 4 is 23.4 Å². The molecule has 2 heterocycles. The lowest BCUT2D eigenvalue weighted by Crippen LogP contribution is -2.08. The highest BCUT2D eigenvalue weighted by atomic mass is 35.5. The Morgan fingerprint density at radius 2 is 2.04 bits per heavy atom. The quantitative estimate of drug-likeness (QED) is 0.555. The number of benzene rings is 1. The van der Waals surface area contributed by atoms with Crippen molar-refractivity contribution in [3.8, 4) is 11.4 Å². The number of aryl methyl sites for hydroxylation is 1. The van der Waals surface area contributed by atoms with Gasteiger partial charge in [0.25, 0.3) is 0 Å². The number of halogens is 1. The Hall–Kier alpha value is -1.86. The summed E-state index contributed by atoms with van der Waals surface area (Å²) in [6.45, 7) is 2.00. The average molecular weight is 390 g/mol. The van der Waals surface area contributed by atoms with Gasteiger partial charge in [-0.1, -0.05) is 60.4 Å². The van der Waals surface area contributed by atoms with Crippen LogP contribution in [0.3, 0.4) is 0 Å². The molecule has 0 saturated heterocycles. The maximum Gasteiger partial charge on any atom is 0.226 e. The number of hydrogen-bond acceptors (Lipinski definition) is 6. The molecule has 1 saturated carbocycles. The summed E-state index contributed by atoms with van der Waals surface area (Å²) < 4.78 is 7.44. The first-order chi connectivity index (χ1) is 12.8. The fraction of sp³-hybridized carbons (Fsp3) is 0.444. The second kappa shape index (κ2) is 7.80. The van der Waals surface area contributed by atoms with E-state index in [0.717, 1.165) is 35.8 Å². The van der Waals surface area contributed by atoms with Gasteiger partial charge in [0.2, 0.25) is 5.89 Å². The molecule has 1 aliphatic rings. The van der Waals surface area contributed by atoms with Crippen molar-refractivity contribution < 1.29 is 4.52 Å². The lowest BCUT2D eigenvalue weighted by atomic mass is 10.2. The molecule has 6 nitrogen and oxygen atoms in total. The van der Waals surface area contributed by atoms with Crippen molar-refractivity contribution in [3.63, 3.8) is 0 Å². The van der Waals surface area contributed by atoms with Crippen LogP contribution in [0, 0.1) is 0 Å². The van der Waals surface area contributed by atoms with Crippen molar-refractivity contribution in [3.05, 3.63) is 41.0 Å². The molecule has 0 atom stereocenters. The molecule has 0 bridgehead atoms. The third kappa shape index (κ3) is 3.50. The zero-order chi connectivity index (χ0) is 17.9. The van der Waals surface area contributed by atoms with Crippen LogP contribution in [0.4, 0.5) is 0 Å². The maximum atomic E-state index is 6.42. The lowest BCUT2D eigenvalue weighted by molar-refractivity contribution is 0.378. The van der Waals surface area contributed by atoms with Crippen molar-refractivity contribution in [2.24, 2.45) is 0 Å². The topological polar surface area (TPSA) is 69.6 Å². The third-order valence-corrected chi connectivity index (χ3v) is 5.88. The molecule has 0 radical (unpaired) electrons. The normalized spacial score (nSPS) is 15.0. The summed E-state index contributed by atoms with van der Waals surface area (Å²) >= 11 is 8.01. The van der Waals surface area contributed by atoms with Gasteiger partial charge in [0, 0.05) is 18.0 Å². The van der Waals surface area contributed by atoms with Crippen LogP contribution >= 0.6 is 23.4 Å². The summed E-state index contributed by atoms with van der Waals surface area (Å²) in [5, 5.41) is 14.5. The molecule has 26 heavy (non-hydrogen) atoms. The Kier molecular flexibility index (Phi) is 5.26. The number of aromatic nitrogens is 5. The van der Waals surface area contributed by atoms with E-state index in [1.807, 2.05) is 31.2 Å². The molecule has 0 aliphatic heterocycles. The largest absolute Gasteiger partial charge is 0.339 e. The smallest absolute Gasteiger partial charge is 0.226 e. The summed E-state index contributed by atoms with van der Waals surface area (Å²) in [7, 11) is 0. The Morgan fingerprint density at radius 3 is 2.77 bits per heavy atom. The van der Waals surface area contributed by atoms with E-state index in [-0.39, 0.29) is 0 Å². The molecule has 1 fully saturated rings. The molecule has 0 N–H and O–H groups in total. The van der Waals surface area contributed by atoms with E-state index < -0.39 is 0 Å². The number of thioether (sulfide) groups is 1. The molecule has 4 rings (SSSR count). The predicted molar refractivity (Wildman–Crippen MR) is 101 cm³/mol. The van der Waals surface area contributed by atoms with Gasteiger partial charge in [-0.05, 0) is 25.0 Å². The summed E-state index contributed by atoms with van der Waals surface area (Å²) in [4.78, 5) is 4.37. The van der Waals surface area contributed by atoms with Crippen LogP contribution in [0.2, 0.25) is 5.02 Å². The van der Waals surface area contributed by atoms with Crippen molar-refractivity contribution in [2.75, 3.05) is 0 Å². The first kappa shape index (κ1) is 17.5. The third-order valence-electron chi connectivity index (χ3n) is 4.61. The van der Waals surface area contributed by atoms with Gasteiger partial charge in [0.15, 0.2) is 16.8 Å². The van der Waals surface area contributed by atoms with Crippen LogP contribution in [0.5, 0.6) is 0 Å². The monoisotopic (exact) mass is 389 g/mol. The zero-order valence-corrected chi connectivity index (χ0v) is 16.1. The van der Waals surface area contributed by atoms with Crippen LogP contribution in [-0.2, 0) is 12.2 Å². The van der Waals surface area contributed by atoms with E-state index in [1.54, 1.807) is 11.8 Å². The van der Waals surface area contributed by atoms with Gasteiger partial charge in [0.05, 0.1) is 10.8 Å². The van der Waals surface area contributed by atoms with Gasteiger partial charge < -0.3 is 4.52 Å². The molecule has 0 spiro atoms. The van der Waals surface area contributed by atoms with Gasteiger partial charge in [-0.2, -0.15) is 4.98 Å². The van der Waals surface area contributed by atoms with E-state index in [9.17, 15) is 0 Å². The lowest BCUT2D eigenvalue weighted by Gasteiger charge is -2.17. The van der Waals surface area contributed by atoms with E-state index in [0.29, 0.717) is 28.5 Å². The minimum atomic E-state index is 0.412. The van der Waals surface area contributed by atoms with Crippen LogP contribution in [0.15, 0.2) is 33.9 Å². The van der Waals surface area contributed by atoms with Crippen molar-refractivity contribution in [1.82, 2.24) is 24.9 Å². The van der Waals surface area contributed by atoms with Gasteiger partial charge in [-0.3, -0.25) is 4.57 Å². The van der Waals surface area contributed by atoms with Crippen molar-refractivity contribution in [2.45, 2.75) is 56.0 Å². The average Bonchev–Trinajstić information content (AvgIpc) is 3.40. The molecule has 0 unspecified atom stereocenters. The van der Waals surface area contributed by atoms with Crippen LogP contribution in [0.25, 0.3) is 11.4 Å². The molecular weight excluding hydrogens is 370 g/mol. The molecule has 0 amide bonds. The van der Waals surface area contributed by atoms with Gasteiger partial charge in [0.1, 0.15) is 0 Å². The zero-order valence-electron chi connectivity index (χ0n) is 14.6. The summed E-state index contributed by atoms with van der Waals surface area (Å²) in [6.07, 6.45) is 5.50. The van der Waals surface area contributed by atoms with Crippen LogP contribution < -0.4 is 0 Å². The van der Waals surface area contributed by atoms with E-state index in [2.05, 4.69) is 24.9 Å². The molecule has 8 heteroatoms. The molecule has 3 aromatic rings. The van der Waals surface area contributed by atoms with Crippen LogP contribution in [-0.4, -0.2) is 24.9 Å². The standard InChI is InChI=1S/C18H20ClN5OS/c1-2-16-20-15(23-25-16)11-26-18-22-21-17(13-9-5-6-10-14(13)19)24(18)12-7-3-4-8-12/h5-6,9-10,12H,2-4,7-8,11H2,1H3.